The molecular formula is C44H35N5. The predicted octanol–water partition coefficient (Wildman–Crippen LogP) is 10.9. The molecule has 5 aromatic carbocycles. The third kappa shape index (κ3) is 5.96. The van der Waals surface area contributed by atoms with Gasteiger partial charge in [0.2, 0.25) is 0 Å². The number of benzene rings is 5. The van der Waals surface area contributed by atoms with Crippen LogP contribution in [0.1, 0.15) is 32.0 Å². The summed E-state index contributed by atoms with van der Waals surface area (Å²) in [5.41, 5.74) is 11.0. The molecule has 0 aliphatic carbocycles. The van der Waals surface area contributed by atoms with E-state index in [0.717, 1.165) is 66.6 Å². The van der Waals surface area contributed by atoms with Gasteiger partial charge >= 0.3 is 0 Å². The molecule has 3 aromatic heterocycles. The average Bonchev–Trinajstić information content (AvgIpc) is 3.14. The van der Waals surface area contributed by atoms with Crippen LogP contribution in [-0.4, -0.2) is 24.9 Å². The Hall–Kier alpha value is -6.07. The molecule has 0 fully saturated rings. The highest BCUT2D eigenvalue weighted by Crippen LogP contribution is 2.37. The molecule has 236 valence electrons. The Morgan fingerprint density at radius 1 is 0.408 bits per heavy atom. The second-order valence-electron chi connectivity index (χ2n) is 13.5. The maximum Gasteiger partial charge on any atom is 0.164 e. The number of pyridine rings is 2. The van der Waals surface area contributed by atoms with Gasteiger partial charge in [0.15, 0.2) is 17.5 Å². The molecule has 0 aliphatic rings. The zero-order valence-electron chi connectivity index (χ0n) is 28.0. The van der Waals surface area contributed by atoms with Crippen LogP contribution in [0.3, 0.4) is 0 Å². The molecule has 0 aliphatic heterocycles. The maximum absolute atomic E-state index is 5.28. The smallest absolute Gasteiger partial charge is 0.164 e. The van der Waals surface area contributed by atoms with Gasteiger partial charge in [-0.25, -0.2) is 19.9 Å². The first-order valence-electron chi connectivity index (χ1n) is 16.6. The molecule has 0 unspecified atom stereocenters. The molecule has 0 bridgehead atoms. The highest BCUT2D eigenvalue weighted by Gasteiger charge is 2.21. The van der Waals surface area contributed by atoms with Crippen LogP contribution in [0.4, 0.5) is 0 Å². The van der Waals surface area contributed by atoms with Crippen molar-refractivity contribution in [2.24, 2.45) is 0 Å². The van der Waals surface area contributed by atoms with Crippen molar-refractivity contribution < 1.29 is 0 Å². The lowest BCUT2D eigenvalue weighted by molar-refractivity contribution is 0.595. The van der Waals surface area contributed by atoms with E-state index < -0.39 is 0 Å². The monoisotopic (exact) mass is 633 g/mol. The minimum atomic E-state index is -0.0822. The summed E-state index contributed by atoms with van der Waals surface area (Å²) < 4.78 is 0. The molecule has 0 radical (unpaired) electrons. The van der Waals surface area contributed by atoms with E-state index in [4.69, 9.17) is 24.9 Å². The minimum absolute atomic E-state index is 0.0822. The van der Waals surface area contributed by atoms with Crippen molar-refractivity contribution in [1.29, 1.82) is 0 Å². The molecule has 8 rings (SSSR count). The van der Waals surface area contributed by atoms with Gasteiger partial charge in [-0.15, -0.1) is 0 Å². The summed E-state index contributed by atoms with van der Waals surface area (Å²) in [4.78, 5) is 25.0. The van der Waals surface area contributed by atoms with Crippen molar-refractivity contribution in [2.75, 3.05) is 0 Å². The number of nitrogens with zero attached hydrogens (tertiary/aromatic N) is 5. The Labute approximate surface area is 286 Å². The number of fused-ring (bicyclic) bond motifs is 3. The molecule has 49 heavy (non-hydrogen) atoms. The van der Waals surface area contributed by atoms with Crippen molar-refractivity contribution in [3.8, 4) is 56.5 Å². The lowest BCUT2D eigenvalue weighted by atomic mass is 9.83. The highest BCUT2D eigenvalue weighted by atomic mass is 15.0. The Morgan fingerprint density at radius 2 is 0.918 bits per heavy atom. The fourth-order valence-corrected chi connectivity index (χ4v) is 6.37. The van der Waals surface area contributed by atoms with Gasteiger partial charge in [-0.05, 0) is 53.3 Å². The van der Waals surface area contributed by atoms with Crippen LogP contribution < -0.4 is 0 Å². The van der Waals surface area contributed by atoms with Gasteiger partial charge in [-0.2, -0.15) is 0 Å². The quantitative estimate of drug-likeness (QED) is 0.176. The van der Waals surface area contributed by atoms with Gasteiger partial charge in [0.05, 0.1) is 16.7 Å². The zero-order chi connectivity index (χ0) is 33.5. The fourth-order valence-electron chi connectivity index (χ4n) is 6.37. The van der Waals surface area contributed by atoms with E-state index in [1.165, 1.54) is 5.56 Å². The van der Waals surface area contributed by atoms with E-state index in [1.54, 1.807) is 0 Å². The molecule has 5 nitrogen and oxygen atoms in total. The van der Waals surface area contributed by atoms with Crippen molar-refractivity contribution in [3.63, 3.8) is 0 Å². The molecule has 3 heterocycles. The molecule has 0 saturated carbocycles. The topological polar surface area (TPSA) is 64.5 Å². The average molecular weight is 634 g/mol. The Balaban J connectivity index is 1.24. The number of aromatic nitrogens is 5. The number of aryl methyl sites for hydroxylation is 1. The van der Waals surface area contributed by atoms with Gasteiger partial charge in [0, 0.05) is 38.7 Å². The molecule has 0 atom stereocenters. The van der Waals surface area contributed by atoms with Gasteiger partial charge < -0.3 is 0 Å². The molecule has 0 saturated heterocycles. The van der Waals surface area contributed by atoms with Crippen LogP contribution in [0.2, 0.25) is 0 Å². The summed E-state index contributed by atoms with van der Waals surface area (Å²) in [5.74, 6) is 1.92. The van der Waals surface area contributed by atoms with E-state index in [2.05, 4.69) is 99.6 Å². The van der Waals surface area contributed by atoms with E-state index >= 15 is 0 Å². The standard InChI is InChI=1S/C44H35N5/c1-28-21-22-29-23-24-36-37(44(2,3)4)27-38(46-40(36)39(29)45-28)34-19-11-17-32(25-34)33-18-12-20-35(26-33)43-48-41(30-13-7-5-8-14-30)47-42(49-43)31-15-9-6-10-16-31/h5-27H,1-4H3. The van der Waals surface area contributed by atoms with Crippen molar-refractivity contribution >= 4 is 21.8 Å². The van der Waals surface area contributed by atoms with Crippen LogP contribution >= 0.6 is 0 Å². The Morgan fingerprint density at radius 3 is 1.53 bits per heavy atom. The molecule has 8 aromatic rings. The maximum atomic E-state index is 5.28. The third-order valence-corrected chi connectivity index (χ3v) is 8.90. The summed E-state index contributed by atoms with van der Waals surface area (Å²) in [5, 5.41) is 2.24. The van der Waals surface area contributed by atoms with Crippen molar-refractivity contribution in [1.82, 2.24) is 24.9 Å². The first-order chi connectivity index (χ1) is 23.8. The normalized spacial score (nSPS) is 11.7. The fraction of sp³-hybridized carbons (Fsp3) is 0.114. The summed E-state index contributed by atoms with van der Waals surface area (Å²) in [6, 6.07) is 48.0. The SMILES string of the molecule is Cc1ccc2ccc3c(C(C)(C)C)cc(-c4cccc(-c5cccc(-c6nc(-c7ccccc7)nc(-c7ccccc7)n6)c5)c4)nc3c2n1. The van der Waals surface area contributed by atoms with Gasteiger partial charge in [0.25, 0.3) is 0 Å². The first kappa shape index (κ1) is 30.3. The van der Waals surface area contributed by atoms with Crippen LogP contribution in [-0.2, 0) is 5.41 Å². The molecular weight excluding hydrogens is 599 g/mol. The zero-order valence-corrected chi connectivity index (χ0v) is 28.0. The Bertz CT molecular complexity index is 2420. The van der Waals surface area contributed by atoms with E-state index in [0.29, 0.717) is 17.5 Å². The summed E-state index contributed by atoms with van der Waals surface area (Å²) in [6.45, 7) is 8.81. The minimum Gasteiger partial charge on any atom is -0.251 e. The molecule has 0 spiro atoms. The van der Waals surface area contributed by atoms with Crippen molar-refractivity contribution in [3.05, 3.63) is 151 Å². The molecule has 5 heteroatoms. The first-order valence-corrected chi connectivity index (χ1v) is 16.6. The molecule has 0 N–H and O–H groups in total. The number of hydrogen-bond donors (Lipinski definition) is 0. The predicted molar refractivity (Wildman–Crippen MR) is 201 cm³/mol. The molecule has 0 amide bonds. The summed E-state index contributed by atoms with van der Waals surface area (Å²) >= 11 is 0. The lowest BCUT2D eigenvalue weighted by Gasteiger charge is -2.23. The van der Waals surface area contributed by atoms with E-state index in [9.17, 15) is 0 Å². The Kier molecular flexibility index (Phi) is 7.53. The summed E-state index contributed by atoms with van der Waals surface area (Å²) in [6.07, 6.45) is 0. The van der Waals surface area contributed by atoms with Gasteiger partial charge in [-0.1, -0.05) is 136 Å². The highest BCUT2D eigenvalue weighted by molar-refractivity contribution is 6.05. The van der Waals surface area contributed by atoms with Crippen LogP contribution in [0.5, 0.6) is 0 Å². The summed E-state index contributed by atoms with van der Waals surface area (Å²) in [7, 11) is 0. The lowest BCUT2D eigenvalue weighted by Crippen LogP contribution is -2.12. The largest absolute Gasteiger partial charge is 0.251 e. The van der Waals surface area contributed by atoms with Crippen molar-refractivity contribution in [2.45, 2.75) is 33.1 Å². The van der Waals surface area contributed by atoms with E-state index in [1.807, 2.05) is 67.6 Å². The second kappa shape index (κ2) is 12.2. The number of hydrogen-bond acceptors (Lipinski definition) is 5. The van der Waals surface area contributed by atoms with Crippen LogP contribution in [0.15, 0.2) is 140 Å². The number of rotatable bonds is 5. The van der Waals surface area contributed by atoms with E-state index in [-0.39, 0.29) is 5.41 Å². The van der Waals surface area contributed by atoms with Gasteiger partial charge in [-0.3, -0.25) is 4.98 Å². The van der Waals surface area contributed by atoms with Crippen LogP contribution in [0.25, 0.3) is 78.4 Å². The third-order valence-electron chi connectivity index (χ3n) is 8.90. The second-order valence-corrected chi connectivity index (χ2v) is 13.5. The van der Waals surface area contributed by atoms with Gasteiger partial charge in [0.1, 0.15) is 0 Å². The van der Waals surface area contributed by atoms with Crippen LogP contribution in [0, 0.1) is 6.92 Å².